The highest BCUT2D eigenvalue weighted by Crippen LogP contribution is 2.27. The molecule has 1 fully saturated rings. The van der Waals surface area contributed by atoms with Crippen LogP contribution in [0, 0.1) is 5.92 Å². The van der Waals surface area contributed by atoms with Gasteiger partial charge in [0.05, 0.1) is 0 Å². The zero-order valence-corrected chi connectivity index (χ0v) is 11.5. The van der Waals surface area contributed by atoms with E-state index in [4.69, 9.17) is 5.11 Å². The first-order chi connectivity index (χ1) is 8.41. The minimum atomic E-state index is -0.979. The minimum absolute atomic E-state index is 0.114. The van der Waals surface area contributed by atoms with Crippen LogP contribution in [0.2, 0.25) is 0 Å². The Morgan fingerprint density at radius 1 is 1.28 bits per heavy atom. The van der Waals surface area contributed by atoms with Crippen LogP contribution < -0.4 is 5.32 Å². The van der Waals surface area contributed by atoms with Gasteiger partial charge in [-0.25, -0.2) is 4.79 Å². The zero-order chi connectivity index (χ0) is 13.7. The molecule has 0 aromatic heterocycles. The number of carboxylic acid groups (broad SMARTS) is 1. The second-order valence-corrected chi connectivity index (χ2v) is 5.40. The predicted molar refractivity (Wildman–Crippen MR) is 69.4 cm³/mol. The van der Waals surface area contributed by atoms with Crippen LogP contribution in [0.25, 0.3) is 0 Å². The molecule has 1 saturated carbocycles. The van der Waals surface area contributed by atoms with E-state index in [9.17, 15) is 9.59 Å². The van der Waals surface area contributed by atoms with Crippen LogP contribution in [-0.4, -0.2) is 40.6 Å². The molecule has 5 heteroatoms. The third-order valence-electron chi connectivity index (χ3n) is 3.65. The molecule has 0 spiro atoms. The lowest BCUT2D eigenvalue weighted by atomic mass is 10.00. The Balaban J connectivity index is 2.52. The van der Waals surface area contributed by atoms with Crippen LogP contribution in [0.1, 0.15) is 46.5 Å². The fraction of sp³-hybridized carbons (Fsp3) is 0.846. The molecule has 1 unspecified atom stereocenters. The molecule has 1 aliphatic rings. The van der Waals surface area contributed by atoms with E-state index in [1.54, 1.807) is 0 Å². The third kappa shape index (κ3) is 4.20. The van der Waals surface area contributed by atoms with Crippen LogP contribution in [0.15, 0.2) is 0 Å². The van der Waals surface area contributed by atoms with Crippen molar-refractivity contribution in [1.29, 1.82) is 0 Å². The maximum atomic E-state index is 12.0. The first kappa shape index (κ1) is 14.8. The van der Waals surface area contributed by atoms with Crippen molar-refractivity contribution in [2.75, 3.05) is 6.54 Å². The topological polar surface area (TPSA) is 69.6 Å². The number of amides is 2. The molecule has 0 bridgehead atoms. The summed E-state index contributed by atoms with van der Waals surface area (Å²) < 4.78 is 0. The van der Waals surface area contributed by atoms with Crippen molar-refractivity contribution in [3.63, 3.8) is 0 Å². The van der Waals surface area contributed by atoms with Gasteiger partial charge in [-0.15, -0.1) is 0 Å². The summed E-state index contributed by atoms with van der Waals surface area (Å²) >= 11 is 0. The Labute approximate surface area is 109 Å². The second kappa shape index (κ2) is 6.61. The van der Waals surface area contributed by atoms with Crippen LogP contribution in [0.5, 0.6) is 0 Å². The van der Waals surface area contributed by atoms with E-state index in [-0.39, 0.29) is 24.7 Å². The van der Waals surface area contributed by atoms with Crippen LogP contribution in [-0.2, 0) is 4.79 Å². The fourth-order valence-corrected chi connectivity index (χ4v) is 2.49. The fourth-order valence-electron chi connectivity index (χ4n) is 2.49. The summed E-state index contributed by atoms with van der Waals surface area (Å²) in [7, 11) is 0. The van der Waals surface area contributed by atoms with Crippen molar-refractivity contribution in [2.45, 2.75) is 58.5 Å². The van der Waals surface area contributed by atoms with E-state index < -0.39 is 5.97 Å². The van der Waals surface area contributed by atoms with Gasteiger partial charge in [0.15, 0.2) is 0 Å². The molecule has 0 radical (unpaired) electrons. The molecule has 104 valence electrons. The SMILES string of the molecule is CC(NC(=O)N(CC(=O)O)C(C)C)C1CCCC1. The van der Waals surface area contributed by atoms with Gasteiger partial charge < -0.3 is 15.3 Å². The Morgan fingerprint density at radius 3 is 2.28 bits per heavy atom. The first-order valence-electron chi connectivity index (χ1n) is 6.70. The number of carbonyl (C=O) groups is 2. The van der Waals surface area contributed by atoms with Crippen molar-refractivity contribution < 1.29 is 14.7 Å². The normalized spacial score (nSPS) is 17.8. The standard InChI is InChI=1S/C13H24N2O3/c1-9(2)15(8-12(16)17)13(18)14-10(3)11-6-4-5-7-11/h9-11H,4-8H2,1-3H3,(H,14,18)(H,16,17). The second-order valence-electron chi connectivity index (χ2n) is 5.40. The number of aliphatic carboxylic acids is 1. The summed E-state index contributed by atoms with van der Waals surface area (Å²) in [5.41, 5.74) is 0. The van der Waals surface area contributed by atoms with E-state index in [0.717, 1.165) is 12.8 Å². The van der Waals surface area contributed by atoms with Crippen LogP contribution in [0.4, 0.5) is 4.79 Å². The van der Waals surface area contributed by atoms with Crippen molar-refractivity contribution >= 4 is 12.0 Å². The van der Waals surface area contributed by atoms with Crippen molar-refractivity contribution in [1.82, 2.24) is 10.2 Å². The van der Waals surface area contributed by atoms with E-state index in [1.807, 2.05) is 20.8 Å². The van der Waals surface area contributed by atoms with Crippen molar-refractivity contribution in [3.05, 3.63) is 0 Å². The van der Waals surface area contributed by atoms with Crippen molar-refractivity contribution in [2.24, 2.45) is 5.92 Å². The van der Waals surface area contributed by atoms with Crippen molar-refractivity contribution in [3.8, 4) is 0 Å². The number of rotatable bonds is 5. The van der Waals surface area contributed by atoms with Gasteiger partial charge >= 0.3 is 12.0 Å². The zero-order valence-electron chi connectivity index (χ0n) is 11.5. The summed E-state index contributed by atoms with van der Waals surface area (Å²) in [6, 6.07) is -0.265. The highest BCUT2D eigenvalue weighted by molar-refractivity contribution is 5.80. The Hall–Kier alpha value is -1.26. The third-order valence-corrected chi connectivity index (χ3v) is 3.65. The van der Waals surface area contributed by atoms with Gasteiger partial charge in [0, 0.05) is 12.1 Å². The highest BCUT2D eigenvalue weighted by Gasteiger charge is 2.26. The number of carbonyl (C=O) groups excluding carboxylic acids is 1. The molecule has 1 rings (SSSR count). The first-order valence-corrected chi connectivity index (χ1v) is 6.70. The molecule has 5 nitrogen and oxygen atoms in total. The molecular weight excluding hydrogens is 232 g/mol. The van der Waals surface area contributed by atoms with E-state index in [0.29, 0.717) is 5.92 Å². The molecule has 1 aliphatic carbocycles. The van der Waals surface area contributed by atoms with Gasteiger partial charge in [-0.1, -0.05) is 12.8 Å². The quantitative estimate of drug-likeness (QED) is 0.791. The number of carboxylic acids is 1. The molecule has 0 aliphatic heterocycles. The highest BCUT2D eigenvalue weighted by atomic mass is 16.4. The van der Waals surface area contributed by atoms with E-state index in [1.165, 1.54) is 17.7 Å². The lowest BCUT2D eigenvalue weighted by molar-refractivity contribution is -0.138. The Kier molecular flexibility index (Phi) is 5.44. The Bertz CT molecular complexity index is 299. The number of nitrogens with one attached hydrogen (secondary N) is 1. The maximum absolute atomic E-state index is 12.0. The number of urea groups is 1. The largest absolute Gasteiger partial charge is 0.480 e. The lowest BCUT2D eigenvalue weighted by Gasteiger charge is -2.29. The summed E-state index contributed by atoms with van der Waals surface area (Å²) in [5.74, 6) is -0.444. The van der Waals surface area contributed by atoms with Gasteiger partial charge in [-0.3, -0.25) is 4.79 Å². The maximum Gasteiger partial charge on any atom is 0.323 e. The lowest BCUT2D eigenvalue weighted by Crippen LogP contribution is -2.50. The van der Waals surface area contributed by atoms with Crippen LogP contribution in [0.3, 0.4) is 0 Å². The molecule has 0 heterocycles. The van der Waals surface area contributed by atoms with Crippen LogP contribution >= 0.6 is 0 Å². The predicted octanol–water partition coefficient (Wildman–Crippen LogP) is 2.07. The van der Waals surface area contributed by atoms with Gasteiger partial charge in [-0.2, -0.15) is 0 Å². The smallest absolute Gasteiger partial charge is 0.323 e. The molecule has 2 N–H and O–H groups in total. The number of hydrogen-bond acceptors (Lipinski definition) is 2. The molecule has 0 saturated heterocycles. The van der Waals surface area contributed by atoms with E-state index >= 15 is 0 Å². The summed E-state index contributed by atoms with van der Waals surface area (Å²) in [6.07, 6.45) is 4.77. The van der Waals surface area contributed by atoms with Gasteiger partial charge in [0.25, 0.3) is 0 Å². The molecule has 0 aromatic carbocycles. The molecule has 2 amide bonds. The Morgan fingerprint density at radius 2 is 1.83 bits per heavy atom. The molecular formula is C13H24N2O3. The van der Waals surface area contributed by atoms with Gasteiger partial charge in [-0.05, 0) is 39.5 Å². The number of nitrogens with zero attached hydrogens (tertiary/aromatic N) is 1. The molecule has 18 heavy (non-hydrogen) atoms. The van der Waals surface area contributed by atoms with Gasteiger partial charge in [0.2, 0.25) is 0 Å². The average Bonchev–Trinajstić information content (AvgIpc) is 2.78. The molecule has 0 aromatic rings. The summed E-state index contributed by atoms with van der Waals surface area (Å²) in [5, 5.41) is 11.7. The number of hydrogen-bond donors (Lipinski definition) is 2. The monoisotopic (exact) mass is 256 g/mol. The average molecular weight is 256 g/mol. The minimum Gasteiger partial charge on any atom is -0.480 e. The van der Waals surface area contributed by atoms with E-state index in [2.05, 4.69) is 5.32 Å². The summed E-state index contributed by atoms with van der Waals surface area (Å²) in [4.78, 5) is 24.1. The van der Waals surface area contributed by atoms with Gasteiger partial charge in [0.1, 0.15) is 6.54 Å². The summed E-state index contributed by atoms with van der Waals surface area (Å²) in [6.45, 7) is 5.40. The molecule has 1 atom stereocenters.